The summed E-state index contributed by atoms with van der Waals surface area (Å²) in [7, 11) is -3.67. The van der Waals surface area contributed by atoms with Crippen molar-refractivity contribution in [2.24, 2.45) is 0 Å². The Morgan fingerprint density at radius 3 is 2.70 bits per heavy atom. The van der Waals surface area contributed by atoms with Crippen molar-refractivity contribution in [2.75, 3.05) is 0 Å². The first kappa shape index (κ1) is 14.1. The van der Waals surface area contributed by atoms with E-state index < -0.39 is 14.9 Å². The first-order valence-corrected chi connectivity index (χ1v) is 7.10. The lowest BCUT2D eigenvalue weighted by molar-refractivity contribution is -0.384. The van der Waals surface area contributed by atoms with Gasteiger partial charge in [0, 0.05) is 31.1 Å². The molecule has 1 heterocycles. The van der Waals surface area contributed by atoms with E-state index in [0.717, 1.165) is 0 Å². The molecule has 1 aromatic heterocycles. The van der Waals surface area contributed by atoms with Crippen LogP contribution in [0.2, 0.25) is 0 Å². The first-order valence-electron chi connectivity index (χ1n) is 5.62. The molecule has 1 N–H and O–H groups in total. The summed E-state index contributed by atoms with van der Waals surface area (Å²) in [6.45, 7) is -0.0289. The van der Waals surface area contributed by atoms with Crippen LogP contribution in [0, 0.1) is 10.1 Å². The molecule has 0 spiro atoms. The number of aromatic nitrogens is 1. The maximum atomic E-state index is 11.9. The molecular formula is C12H11N3O4S. The molecule has 1 aromatic carbocycles. The van der Waals surface area contributed by atoms with E-state index in [2.05, 4.69) is 9.71 Å². The van der Waals surface area contributed by atoms with Gasteiger partial charge in [-0.25, -0.2) is 13.1 Å². The minimum Gasteiger partial charge on any atom is -0.263 e. The van der Waals surface area contributed by atoms with Gasteiger partial charge in [-0.2, -0.15) is 0 Å². The van der Waals surface area contributed by atoms with Crippen LogP contribution in [0.5, 0.6) is 0 Å². The average molecular weight is 293 g/mol. The molecule has 0 atom stereocenters. The summed E-state index contributed by atoms with van der Waals surface area (Å²) in [5.74, 6) is 0. The zero-order valence-electron chi connectivity index (χ0n) is 10.3. The number of nitrogens with zero attached hydrogens (tertiary/aromatic N) is 2. The molecular weight excluding hydrogens is 282 g/mol. The van der Waals surface area contributed by atoms with Crippen molar-refractivity contribution >= 4 is 15.7 Å². The van der Waals surface area contributed by atoms with Gasteiger partial charge in [-0.1, -0.05) is 12.1 Å². The van der Waals surface area contributed by atoms with Gasteiger partial charge in [0.15, 0.2) is 0 Å². The molecule has 0 aliphatic rings. The fourth-order valence-electron chi connectivity index (χ4n) is 1.55. The highest BCUT2D eigenvalue weighted by Gasteiger charge is 2.14. The molecule has 8 heteroatoms. The van der Waals surface area contributed by atoms with Crippen LogP contribution >= 0.6 is 0 Å². The van der Waals surface area contributed by atoms with Crippen LogP contribution in [0.3, 0.4) is 0 Å². The summed E-state index contributed by atoms with van der Waals surface area (Å²) in [6.07, 6.45) is 2.70. The largest absolute Gasteiger partial charge is 0.269 e. The lowest BCUT2D eigenvalue weighted by Crippen LogP contribution is -2.23. The Bertz CT molecular complexity index is 716. The molecule has 20 heavy (non-hydrogen) atoms. The summed E-state index contributed by atoms with van der Waals surface area (Å²) >= 11 is 0. The number of nitro groups is 1. The summed E-state index contributed by atoms with van der Waals surface area (Å²) in [4.78, 5) is 13.9. The molecule has 0 saturated heterocycles. The van der Waals surface area contributed by atoms with Crippen molar-refractivity contribution in [1.82, 2.24) is 9.71 Å². The Morgan fingerprint density at radius 2 is 2.05 bits per heavy atom. The number of rotatable bonds is 5. The predicted octanol–water partition coefficient (Wildman–Crippen LogP) is 1.47. The number of sulfonamides is 1. The van der Waals surface area contributed by atoms with Crippen molar-refractivity contribution in [1.29, 1.82) is 0 Å². The monoisotopic (exact) mass is 293 g/mol. The lowest BCUT2D eigenvalue weighted by Gasteiger charge is -2.06. The van der Waals surface area contributed by atoms with Gasteiger partial charge in [0.2, 0.25) is 10.0 Å². The molecule has 2 rings (SSSR count). The van der Waals surface area contributed by atoms with Crippen molar-refractivity contribution < 1.29 is 13.3 Å². The van der Waals surface area contributed by atoms with E-state index >= 15 is 0 Å². The maximum Gasteiger partial charge on any atom is 0.269 e. The molecule has 0 aliphatic carbocycles. The van der Waals surface area contributed by atoms with E-state index in [1.54, 1.807) is 6.07 Å². The fraction of sp³-hybridized carbons (Fsp3) is 0.0833. The van der Waals surface area contributed by atoms with Crippen LogP contribution in [-0.2, 0) is 16.6 Å². The van der Waals surface area contributed by atoms with Crippen LogP contribution in [-0.4, -0.2) is 18.3 Å². The quantitative estimate of drug-likeness (QED) is 0.664. The predicted molar refractivity (Wildman–Crippen MR) is 71.4 cm³/mol. The summed E-state index contributed by atoms with van der Waals surface area (Å²) < 4.78 is 26.2. The van der Waals surface area contributed by atoms with Gasteiger partial charge in [-0.15, -0.1) is 0 Å². The van der Waals surface area contributed by atoms with Crippen LogP contribution in [0.15, 0.2) is 53.7 Å². The third-order valence-corrected chi connectivity index (χ3v) is 3.92. The minimum absolute atomic E-state index is 0.0289. The standard InChI is InChI=1S/C12H11N3O4S/c16-15(17)11-4-1-3-10(7-11)8-14-20(18,19)12-5-2-6-13-9-12/h1-7,9,14H,8H2. The molecule has 0 saturated carbocycles. The number of nitrogens with one attached hydrogen (secondary N) is 1. The smallest absolute Gasteiger partial charge is 0.263 e. The summed E-state index contributed by atoms with van der Waals surface area (Å²) in [5.41, 5.74) is 0.426. The van der Waals surface area contributed by atoms with E-state index in [9.17, 15) is 18.5 Å². The number of non-ortho nitro benzene ring substituents is 1. The molecule has 104 valence electrons. The van der Waals surface area contributed by atoms with E-state index in [1.165, 1.54) is 42.7 Å². The molecule has 2 aromatic rings. The molecule has 0 unspecified atom stereocenters. The Hall–Kier alpha value is -2.32. The van der Waals surface area contributed by atoms with Crippen molar-refractivity contribution in [3.05, 3.63) is 64.5 Å². The van der Waals surface area contributed by atoms with Crippen LogP contribution in [0.4, 0.5) is 5.69 Å². The van der Waals surface area contributed by atoms with Crippen LogP contribution in [0.1, 0.15) is 5.56 Å². The van der Waals surface area contributed by atoms with Gasteiger partial charge in [0.25, 0.3) is 5.69 Å². The summed E-state index contributed by atoms with van der Waals surface area (Å²) in [5, 5.41) is 10.6. The second-order valence-corrected chi connectivity index (χ2v) is 5.71. The van der Waals surface area contributed by atoms with Gasteiger partial charge < -0.3 is 0 Å². The number of nitro benzene ring substituents is 1. The van der Waals surface area contributed by atoms with E-state index in [4.69, 9.17) is 0 Å². The molecule has 0 bridgehead atoms. The van der Waals surface area contributed by atoms with Crippen LogP contribution in [0.25, 0.3) is 0 Å². The van der Waals surface area contributed by atoms with Gasteiger partial charge in [0.05, 0.1) is 4.92 Å². The minimum atomic E-state index is -3.67. The highest BCUT2D eigenvalue weighted by atomic mass is 32.2. The zero-order valence-corrected chi connectivity index (χ0v) is 11.1. The molecule has 0 aliphatic heterocycles. The maximum absolute atomic E-state index is 11.9. The topological polar surface area (TPSA) is 102 Å². The number of hydrogen-bond acceptors (Lipinski definition) is 5. The van der Waals surface area contributed by atoms with Gasteiger partial charge >= 0.3 is 0 Å². The van der Waals surface area contributed by atoms with Crippen molar-refractivity contribution in [2.45, 2.75) is 11.4 Å². The Balaban J connectivity index is 2.13. The third kappa shape index (κ3) is 3.37. The van der Waals surface area contributed by atoms with Gasteiger partial charge in [-0.3, -0.25) is 15.1 Å². The SMILES string of the molecule is O=[N+]([O-])c1cccc(CNS(=O)(=O)c2cccnc2)c1. The average Bonchev–Trinajstić information content (AvgIpc) is 2.46. The number of hydrogen-bond donors (Lipinski definition) is 1. The van der Waals surface area contributed by atoms with E-state index in [-0.39, 0.29) is 17.1 Å². The number of benzene rings is 1. The number of pyridine rings is 1. The molecule has 0 amide bonds. The van der Waals surface area contributed by atoms with Crippen molar-refractivity contribution in [3.8, 4) is 0 Å². The van der Waals surface area contributed by atoms with Crippen LogP contribution < -0.4 is 4.72 Å². The van der Waals surface area contributed by atoms with E-state index in [0.29, 0.717) is 5.56 Å². The molecule has 7 nitrogen and oxygen atoms in total. The Morgan fingerprint density at radius 1 is 1.25 bits per heavy atom. The molecule has 0 fully saturated rings. The van der Waals surface area contributed by atoms with Gasteiger partial charge in [0.1, 0.15) is 4.90 Å². The second kappa shape index (κ2) is 5.76. The Labute approximate surface area is 115 Å². The first-order chi connectivity index (χ1) is 9.49. The van der Waals surface area contributed by atoms with Crippen molar-refractivity contribution in [3.63, 3.8) is 0 Å². The summed E-state index contributed by atoms with van der Waals surface area (Å²) in [6, 6.07) is 8.72. The fourth-order valence-corrected chi connectivity index (χ4v) is 2.53. The van der Waals surface area contributed by atoms with E-state index in [1.807, 2.05) is 0 Å². The zero-order chi connectivity index (χ0) is 14.6. The second-order valence-electron chi connectivity index (χ2n) is 3.94. The normalized spacial score (nSPS) is 11.2. The third-order valence-electron chi connectivity index (χ3n) is 2.53. The Kier molecular flexibility index (Phi) is 4.06. The molecule has 0 radical (unpaired) electrons. The highest BCUT2D eigenvalue weighted by Crippen LogP contribution is 2.14. The highest BCUT2D eigenvalue weighted by molar-refractivity contribution is 7.89. The van der Waals surface area contributed by atoms with Gasteiger partial charge in [-0.05, 0) is 17.7 Å². The lowest BCUT2D eigenvalue weighted by atomic mass is 10.2.